The first kappa shape index (κ1) is 17.0. The topological polar surface area (TPSA) is 52.7 Å². The lowest BCUT2D eigenvalue weighted by Gasteiger charge is -2.28. The molecule has 0 unspecified atom stereocenters. The molecule has 0 saturated heterocycles. The highest BCUT2D eigenvalue weighted by Gasteiger charge is 2.29. The SMILES string of the molecule is CC(=O)Nc1cccc(C(=O)N2c3ccccc3N(C)CC[C@@H]2C)c1. The molecule has 5 heteroatoms. The van der Waals surface area contributed by atoms with Gasteiger partial charge >= 0.3 is 0 Å². The van der Waals surface area contributed by atoms with Crippen molar-refractivity contribution in [3.63, 3.8) is 0 Å². The average Bonchev–Trinajstić information content (AvgIpc) is 2.71. The largest absolute Gasteiger partial charge is 0.373 e. The molecule has 0 radical (unpaired) electrons. The van der Waals surface area contributed by atoms with Gasteiger partial charge in [-0.25, -0.2) is 0 Å². The van der Waals surface area contributed by atoms with Crippen molar-refractivity contribution in [1.82, 2.24) is 0 Å². The second kappa shape index (κ2) is 6.97. The number of anilines is 3. The number of rotatable bonds is 2. The fraction of sp³-hybridized carbons (Fsp3) is 0.300. The molecule has 2 aromatic carbocycles. The second-order valence-corrected chi connectivity index (χ2v) is 6.49. The zero-order valence-corrected chi connectivity index (χ0v) is 14.8. The molecule has 2 amide bonds. The van der Waals surface area contributed by atoms with Crippen LogP contribution < -0.4 is 15.1 Å². The molecule has 0 spiro atoms. The first-order chi connectivity index (χ1) is 12.0. The van der Waals surface area contributed by atoms with Crippen LogP contribution in [0.1, 0.15) is 30.6 Å². The Morgan fingerprint density at radius 3 is 2.52 bits per heavy atom. The normalized spacial score (nSPS) is 16.8. The second-order valence-electron chi connectivity index (χ2n) is 6.49. The van der Waals surface area contributed by atoms with Gasteiger partial charge in [0.2, 0.25) is 5.91 Å². The fourth-order valence-corrected chi connectivity index (χ4v) is 3.24. The molecule has 1 atom stereocenters. The van der Waals surface area contributed by atoms with Crippen LogP contribution >= 0.6 is 0 Å². The number of amides is 2. The van der Waals surface area contributed by atoms with Gasteiger partial charge in [-0.05, 0) is 43.7 Å². The van der Waals surface area contributed by atoms with Gasteiger partial charge in [0, 0.05) is 37.8 Å². The number of fused-ring (bicyclic) bond motifs is 1. The molecule has 130 valence electrons. The quantitative estimate of drug-likeness (QED) is 0.912. The van der Waals surface area contributed by atoms with Crippen molar-refractivity contribution >= 4 is 28.9 Å². The van der Waals surface area contributed by atoms with Crippen molar-refractivity contribution in [2.75, 3.05) is 28.7 Å². The molecule has 0 saturated carbocycles. The van der Waals surface area contributed by atoms with Gasteiger partial charge in [-0.15, -0.1) is 0 Å². The van der Waals surface area contributed by atoms with Gasteiger partial charge in [-0.3, -0.25) is 9.59 Å². The maximum Gasteiger partial charge on any atom is 0.258 e. The van der Waals surface area contributed by atoms with Crippen LogP contribution in [0.3, 0.4) is 0 Å². The van der Waals surface area contributed by atoms with Gasteiger partial charge in [0.05, 0.1) is 11.4 Å². The summed E-state index contributed by atoms with van der Waals surface area (Å²) in [7, 11) is 2.05. The third-order valence-electron chi connectivity index (χ3n) is 4.52. The highest BCUT2D eigenvalue weighted by Crippen LogP contribution is 2.34. The summed E-state index contributed by atoms with van der Waals surface area (Å²) < 4.78 is 0. The van der Waals surface area contributed by atoms with Crippen LogP contribution in [0.5, 0.6) is 0 Å². The molecule has 3 rings (SSSR count). The van der Waals surface area contributed by atoms with Crippen LogP contribution in [0.2, 0.25) is 0 Å². The molecule has 1 aliphatic rings. The summed E-state index contributed by atoms with van der Waals surface area (Å²) in [6, 6.07) is 15.2. The average molecular weight is 337 g/mol. The van der Waals surface area contributed by atoms with E-state index in [9.17, 15) is 9.59 Å². The molecular formula is C20H23N3O2. The zero-order chi connectivity index (χ0) is 18.0. The van der Waals surface area contributed by atoms with Crippen molar-refractivity contribution in [2.24, 2.45) is 0 Å². The van der Waals surface area contributed by atoms with Crippen molar-refractivity contribution in [3.05, 3.63) is 54.1 Å². The summed E-state index contributed by atoms with van der Waals surface area (Å²) in [5, 5.41) is 2.73. The summed E-state index contributed by atoms with van der Waals surface area (Å²) in [6.07, 6.45) is 0.891. The van der Waals surface area contributed by atoms with E-state index in [1.54, 1.807) is 24.3 Å². The van der Waals surface area contributed by atoms with Gasteiger partial charge in [0.15, 0.2) is 0 Å². The number of hydrogen-bond acceptors (Lipinski definition) is 3. The van der Waals surface area contributed by atoms with Crippen molar-refractivity contribution in [1.29, 1.82) is 0 Å². The lowest BCUT2D eigenvalue weighted by atomic mass is 10.1. The van der Waals surface area contributed by atoms with E-state index >= 15 is 0 Å². The van der Waals surface area contributed by atoms with Gasteiger partial charge in [0.25, 0.3) is 5.91 Å². The van der Waals surface area contributed by atoms with Gasteiger partial charge in [-0.2, -0.15) is 0 Å². The summed E-state index contributed by atoms with van der Waals surface area (Å²) in [5.74, 6) is -0.206. The van der Waals surface area contributed by atoms with Crippen molar-refractivity contribution in [3.8, 4) is 0 Å². The first-order valence-electron chi connectivity index (χ1n) is 8.49. The van der Waals surface area contributed by atoms with Crippen LogP contribution in [0.15, 0.2) is 48.5 Å². The maximum atomic E-state index is 13.3. The van der Waals surface area contributed by atoms with Gasteiger partial charge in [0.1, 0.15) is 0 Å². The van der Waals surface area contributed by atoms with Crippen LogP contribution in [0, 0.1) is 0 Å². The molecule has 25 heavy (non-hydrogen) atoms. The van der Waals surface area contributed by atoms with E-state index in [4.69, 9.17) is 0 Å². The van der Waals surface area contributed by atoms with E-state index in [-0.39, 0.29) is 17.9 Å². The third-order valence-corrected chi connectivity index (χ3v) is 4.52. The Bertz CT molecular complexity index is 803. The number of hydrogen-bond donors (Lipinski definition) is 1. The minimum absolute atomic E-state index is 0.0533. The monoisotopic (exact) mass is 337 g/mol. The highest BCUT2D eigenvalue weighted by atomic mass is 16.2. The van der Waals surface area contributed by atoms with Crippen LogP contribution in [0.25, 0.3) is 0 Å². The molecule has 5 nitrogen and oxygen atoms in total. The molecule has 0 fully saturated rings. The Morgan fingerprint density at radius 2 is 1.80 bits per heavy atom. The Morgan fingerprint density at radius 1 is 1.08 bits per heavy atom. The summed E-state index contributed by atoms with van der Waals surface area (Å²) in [5.41, 5.74) is 3.17. The minimum atomic E-state index is -0.153. The number of nitrogens with zero attached hydrogens (tertiary/aromatic N) is 2. The van der Waals surface area contributed by atoms with E-state index in [1.165, 1.54) is 6.92 Å². The number of benzene rings is 2. The maximum absolute atomic E-state index is 13.3. The predicted octanol–water partition coefficient (Wildman–Crippen LogP) is 3.52. The van der Waals surface area contributed by atoms with E-state index in [0.717, 1.165) is 24.3 Å². The molecule has 1 heterocycles. The van der Waals surface area contributed by atoms with Crippen molar-refractivity contribution < 1.29 is 9.59 Å². The molecule has 1 aliphatic heterocycles. The highest BCUT2D eigenvalue weighted by molar-refractivity contribution is 6.09. The fourth-order valence-electron chi connectivity index (χ4n) is 3.24. The summed E-state index contributed by atoms with van der Waals surface area (Å²) in [4.78, 5) is 28.6. The van der Waals surface area contributed by atoms with Gasteiger partial charge < -0.3 is 15.1 Å². The lowest BCUT2D eigenvalue weighted by Crippen LogP contribution is -2.38. The number of carbonyl (C=O) groups is 2. The lowest BCUT2D eigenvalue weighted by molar-refractivity contribution is -0.114. The number of para-hydroxylation sites is 2. The standard InChI is InChI=1S/C20H23N3O2/c1-14-11-12-22(3)18-9-4-5-10-19(18)23(14)20(25)16-7-6-8-17(13-16)21-15(2)24/h4-10,13-14H,11-12H2,1-3H3,(H,21,24)/t14-/m0/s1. The van der Waals surface area contributed by atoms with Crippen LogP contribution in [-0.2, 0) is 4.79 Å². The van der Waals surface area contributed by atoms with E-state index in [1.807, 2.05) is 29.2 Å². The Kier molecular flexibility index (Phi) is 4.74. The van der Waals surface area contributed by atoms with Crippen LogP contribution in [0.4, 0.5) is 17.1 Å². The molecular weight excluding hydrogens is 314 g/mol. The first-order valence-corrected chi connectivity index (χ1v) is 8.49. The molecule has 0 aliphatic carbocycles. The number of nitrogens with one attached hydrogen (secondary N) is 1. The molecule has 0 aromatic heterocycles. The Labute approximate surface area is 148 Å². The van der Waals surface area contributed by atoms with Gasteiger partial charge in [-0.1, -0.05) is 18.2 Å². The Hall–Kier alpha value is -2.82. The molecule has 2 aromatic rings. The smallest absolute Gasteiger partial charge is 0.258 e. The number of carbonyl (C=O) groups excluding carboxylic acids is 2. The van der Waals surface area contributed by atoms with E-state index in [2.05, 4.69) is 24.2 Å². The summed E-state index contributed by atoms with van der Waals surface area (Å²) in [6.45, 7) is 4.43. The molecule has 1 N–H and O–H groups in total. The predicted molar refractivity (Wildman–Crippen MR) is 101 cm³/mol. The van der Waals surface area contributed by atoms with E-state index in [0.29, 0.717) is 11.3 Å². The van der Waals surface area contributed by atoms with E-state index < -0.39 is 0 Å². The van der Waals surface area contributed by atoms with Crippen molar-refractivity contribution in [2.45, 2.75) is 26.3 Å². The Balaban J connectivity index is 2.00. The zero-order valence-electron chi connectivity index (χ0n) is 14.8. The molecule has 0 bridgehead atoms. The van der Waals surface area contributed by atoms with Crippen LogP contribution in [-0.4, -0.2) is 31.4 Å². The third kappa shape index (κ3) is 3.50. The minimum Gasteiger partial charge on any atom is -0.373 e. The summed E-state index contributed by atoms with van der Waals surface area (Å²) >= 11 is 0.